The van der Waals surface area contributed by atoms with Gasteiger partial charge in [-0.15, -0.1) is 0 Å². The van der Waals surface area contributed by atoms with E-state index in [1.54, 1.807) is 0 Å². The minimum atomic E-state index is -0.738. The molecule has 3 nitrogen and oxygen atoms in total. The number of nitrogens with two attached hydrogens (primary N) is 1. The van der Waals surface area contributed by atoms with Crippen molar-refractivity contribution in [1.82, 2.24) is 0 Å². The number of carboxylic acid groups (broad SMARTS) is 1. The summed E-state index contributed by atoms with van der Waals surface area (Å²) < 4.78 is 0. The van der Waals surface area contributed by atoms with Gasteiger partial charge in [0, 0.05) is 0 Å². The molecule has 0 aromatic heterocycles. The molecule has 0 spiro atoms. The first kappa shape index (κ1) is 12.4. The van der Waals surface area contributed by atoms with Crippen LogP contribution in [0.25, 0.3) is 0 Å². The summed E-state index contributed by atoms with van der Waals surface area (Å²) in [6, 6.07) is 0. The minimum absolute atomic E-state index is 0.0267. The molecule has 0 aromatic rings. The Kier molecular flexibility index (Phi) is 3.91. The van der Waals surface area contributed by atoms with Crippen molar-refractivity contribution < 1.29 is 9.90 Å². The zero-order valence-corrected chi connectivity index (χ0v) is 9.05. The van der Waals surface area contributed by atoms with Gasteiger partial charge in [-0.25, -0.2) is 0 Å². The zero-order chi connectivity index (χ0) is 10.7. The van der Waals surface area contributed by atoms with Crippen molar-refractivity contribution in [2.45, 2.75) is 40.5 Å². The molecule has 0 atom stereocenters. The summed E-state index contributed by atoms with van der Waals surface area (Å²) in [5.74, 6) is -0.738. The van der Waals surface area contributed by atoms with Crippen LogP contribution in [0.1, 0.15) is 40.5 Å². The second-order valence-corrected chi connectivity index (χ2v) is 5.28. The van der Waals surface area contributed by atoms with E-state index in [9.17, 15) is 4.79 Å². The van der Waals surface area contributed by atoms with Gasteiger partial charge in [0.15, 0.2) is 0 Å². The largest absolute Gasteiger partial charge is 0.481 e. The third kappa shape index (κ3) is 5.64. The van der Waals surface area contributed by atoms with Crippen molar-refractivity contribution in [1.29, 1.82) is 0 Å². The Hall–Kier alpha value is -0.570. The molecule has 78 valence electrons. The van der Waals surface area contributed by atoms with Crippen LogP contribution < -0.4 is 5.73 Å². The van der Waals surface area contributed by atoms with E-state index in [4.69, 9.17) is 10.8 Å². The van der Waals surface area contributed by atoms with Gasteiger partial charge in [-0.3, -0.25) is 4.79 Å². The lowest BCUT2D eigenvalue weighted by atomic mass is 9.73. The van der Waals surface area contributed by atoms with Crippen LogP contribution >= 0.6 is 0 Å². The Morgan fingerprint density at radius 1 is 1.23 bits per heavy atom. The van der Waals surface area contributed by atoms with Crippen LogP contribution in [0.5, 0.6) is 0 Å². The number of hydrogen-bond acceptors (Lipinski definition) is 2. The molecule has 3 N–H and O–H groups in total. The van der Waals surface area contributed by atoms with Crippen molar-refractivity contribution in [3.8, 4) is 0 Å². The highest BCUT2D eigenvalue weighted by molar-refractivity contribution is 5.67. The molecule has 0 fully saturated rings. The average Bonchev–Trinajstić information content (AvgIpc) is 1.81. The molecular weight excluding hydrogens is 166 g/mol. The molecule has 0 aliphatic rings. The fraction of sp³-hybridized carbons (Fsp3) is 0.900. The summed E-state index contributed by atoms with van der Waals surface area (Å²) >= 11 is 0. The maximum absolute atomic E-state index is 10.6. The van der Waals surface area contributed by atoms with E-state index in [0.717, 1.165) is 6.42 Å². The third-order valence-corrected chi connectivity index (χ3v) is 2.14. The Balaban J connectivity index is 4.24. The van der Waals surface area contributed by atoms with Crippen LogP contribution in [0, 0.1) is 10.8 Å². The average molecular weight is 187 g/mol. The van der Waals surface area contributed by atoms with E-state index in [2.05, 4.69) is 13.8 Å². The van der Waals surface area contributed by atoms with Crippen LogP contribution in [-0.2, 0) is 4.79 Å². The molecule has 0 aliphatic heterocycles. The van der Waals surface area contributed by atoms with Crippen LogP contribution in [0.3, 0.4) is 0 Å². The SMILES string of the molecule is CC(C)(CN)CC(C)(C)CC(=O)O. The van der Waals surface area contributed by atoms with Crippen molar-refractivity contribution in [2.24, 2.45) is 16.6 Å². The fourth-order valence-electron chi connectivity index (χ4n) is 1.84. The predicted octanol–water partition coefficient (Wildman–Crippen LogP) is 1.86. The Labute approximate surface area is 80.3 Å². The number of aliphatic carboxylic acids is 1. The quantitative estimate of drug-likeness (QED) is 0.690. The number of carbonyl (C=O) groups is 1. The Bertz CT molecular complexity index is 185. The number of carboxylic acids is 1. The first-order valence-corrected chi connectivity index (χ1v) is 4.60. The molecule has 3 heteroatoms. The molecule has 0 unspecified atom stereocenters. The van der Waals surface area contributed by atoms with E-state index in [1.807, 2.05) is 13.8 Å². The van der Waals surface area contributed by atoms with E-state index in [1.165, 1.54) is 0 Å². The van der Waals surface area contributed by atoms with Crippen molar-refractivity contribution >= 4 is 5.97 Å². The van der Waals surface area contributed by atoms with E-state index in [-0.39, 0.29) is 17.3 Å². The van der Waals surface area contributed by atoms with E-state index >= 15 is 0 Å². The van der Waals surface area contributed by atoms with Gasteiger partial charge in [0.05, 0.1) is 6.42 Å². The van der Waals surface area contributed by atoms with Crippen molar-refractivity contribution in [2.75, 3.05) is 6.54 Å². The highest BCUT2D eigenvalue weighted by atomic mass is 16.4. The zero-order valence-electron chi connectivity index (χ0n) is 9.05. The molecular formula is C10H21NO2. The van der Waals surface area contributed by atoms with Gasteiger partial charge in [0.2, 0.25) is 0 Å². The van der Waals surface area contributed by atoms with Gasteiger partial charge >= 0.3 is 5.97 Å². The normalized spacial score (nSPS) is 13.0. The molecule has 0 amide bonds. The second kappa shape index (κ2) is 4.09. The lowest BCUT2D eigenvalue weighted by Gasteiger charge is -2.33. The topological polar surface area (TPSA) is 63.3 Å². The Morgan fingerprint density at radius 2 is 1.69 bits per heavy atom. The summed E-state index contributed by atoms with van der Waals surface area (Å²) in [5.41, 5.74) is 5.45. The summed E-state index contributed by atoms with van der Waals surface area (Å²) in [6.45, 7) is 8.67. The number of rotatable bonds is 5. The second-order valence-electron chi connectivity index (χ2n) is 5.28. The monoisotopic (exact) mass is 187 g/mol. The van der Waals surface area contributed by atoms with Gasteiger partial charge in [-0.2, -0.15) is 0 Å². The first-order valence-electron chi connectivity index (χ1n) is 4.60. The minimum Gasteiger partial charge on any atom is -0.481 e. The highest BCUT2D eigenvalue weighted by Crippen LogP contribution is 2.35. The molecule has 0 saturated carbocycles. The van der Waals surface area contributed by atoms with Gasteiger partial charge in [0.25, 0.3) is 0 Å². The van der Waals surface area contributed by atoms with E-state index < -0.39 is 5.97 Å². The maximum Gasteiger partial charge on any atom is 0.303 e. The summed E-state index contributed by atoms with van der Waals surface area (Å²) in [6.07, 6.45) is 1.04. The van der Waals surface area contributed by atoms with E-state index in [0.29, 0.717) is 6.54 Å². The smallest absolute Gasteiger partial charge is 0.303 e. The van der Waals surface area contributed by atoms with Crippen molar-refractivity contribution in [3.63, 3.8) is 0 Å². The van der Waals surface area contributed by atoms with Gasteiger partial charge < -0.3 is 10.8 Å². The van der Waals surface area contributed by atoms with Gasteiger partial charge in [0.1, 0.15) is 0 Å². The third-order valence-electron chi connectivity index (χ3n) is 2.14. The maximum atomic E-state index is 10.6. The molecule has 0 saturated heterocycles. The summed E-state index contributed by atoms with van der Waals surface area (Å²) in [4.78, 5) is 10.6. The molecule has 0 rings (SSSR count). The number of hydrogen-bond donors (Lipinski definition) is 2. The van der Waals surface area contributed by atoms with Gasteiger partial charge in [-0.05, 0) is 23.8 Å². The Morgan fingerprint density at radius 3 is 2.00 bits per heavy atom. The standard InChI is InChI=1S/C10H21NO2/c1-9(2,5-8(12)13)6-10(3,4)7-11/h5-7,11H2,1-4H3,(H,12,13). The fourth-order valence-corrected chi connectivity index (χ4v) is 1.84. The lowest BCUT2D eigenvalue weighted by molar-refractivity contribution is -0.139. The summed E-state index contributed by atoms with van der Waals surface area (Å²) in [5, 5.41) is 8.69. The highest BCUT2D eigenvalue weighted by Gasteiger charge is 2.29. The predicted molar refractivity (Wildman–Crippen MR) is 53.5 cm³/mol. The first-order chi connectivity index (χ1) is 5.68. The van der Waals surface area contributed by atoms with Crippen molar-refractivity contribution in [3.05, 3.63) is 0 Å². The molecule has 0 aliphatic carbocycles. The summed E-state index contributed by atoms with van der Waals surface area (Å²) in [7, 11) is 0. The van der Waals surface area contributed by atoms with Gasteiger partial charge in [-0.1, -0.05) is 27.7 Å². The van der Waals surface area contributed by atoms with Crippen LogP contribution in [0.2, 0.25) is 0 Å². The molecule has 13 heavy (non-hydrogen) atoms. The van der Waals surface area contributed by atoms with Crippen LogP contribution in [-0.4, -0.2) is 17.6 Å². The molecule has 0 radical (unpaired) electrons. The molecule has 0 heterocycles. The lowest BCUT2D eigenvalue weighted by Crippen LogP contribution is -2.31. The molecule has 0 bridgehead atoms. The molecule has 0 aromatic carbocycles. The van der Waals surface area contributed by atoms with Crippen LogP contribution in [0.15, 0.2) is 0 Å². The van der Waals surface area contributed by atoms with Crippen LogP contribution in [0.4, 0.5) is 0 Å².